The number of nitrogens with one attached hydrogen (secondary N) is 1. The first-order valence-electron chi connectivity index (χ1n) is 8.20. The maximum Gasteiger partial charge on any atom is 0.287 e. The third-order valence-electron chi connectivity index (χ3n) is 3.81. The Balaban J connectivity index is 1.63. The van der Waals surface area contributed by atoms with E-state index < -0.39 is 9.84 Å². The Bertz CT molecular complexity index is 987. The van der Waals surface area contributed by atoms with Crippen LogP contribution in [0.5, 0.6) is 0 Å². The number of carbonyl (C=O) groups is 1. The number of rotatable bonds is 7. The first-order chi connectivity index (χ1) is 12.5. The number of benzene rings is 1. The van der Waals surface area contributed by atoms with Crippen molar-refractivity contribution in [1.29, 1.82) is 0 Å². The fourth-order valence-corrected chi connectivity index (χ4v) is 4.60. The lowest BCUT2D eigenvalue weighted by Gasteiger charge is -2.03. The Labute approximate surface area is 156 Å². The van der Waals surface area contributed by atoms with E-state index in [1.54, 1.807) is 29.5 Å². The van der Waals surface area contributed by atoms with Crippen molar-refractivity contribution in [2.75, 3.05) is 0 Å². The van der Waals surface area contributed by atoms with Gasteiger partial charge in [0.05, 0.1) is 11.4 Å². The van der Waals surface area contributed by atoms with Gasteiger partial charge in [-0.2, -0.15) is 0 Å². The topological polar surface area (TPSA) is 76.4 Å². The van der Waals surface area contributed by atoms with Crippen molar-refractivity contribution >= 4 is 27.1 Å². The van der Waals surface area contributed by atoms with Gasteiger partial charge in [0.1, 0.15) is 11.5 Å². The highest BCUT2D eigenvalue weighted by Gasteiger charge is 2.19. The van der Waals surface area contributed by atoms with Crippen LogP contribution >= 0.6 is 11.3 Å². The molecule has 0 bridgehead atoms. The Morgan fingerprint density at radius 1 is 1.04 bits per heavy atom. The normalized spacial score (nSPS) is 11.4. The summed E-state index contributed by atoms with van der Waals surface area (Å²) in [4.78, 5) is 14.8. The standard InChI is InChI=1S/C19H19NO4S2/c1-2-15-9-10-16(25-15)12-20-19(21)18-11-8-14(24-18)13-26(22,23)17-6-4-3-5-7-17/h3-11H,2,12-13H2,1H3,(H,20,21). The Morgan fingerprint density at radius 3 is 2.46 bits per heavy atom. The highest BCUT2D eigenvalue weighted by Crippen LogP contribution is 2.19. The van der Waals surface area contributed by atoms with Gasteiger partial charge in [0.15, 0.2) is 15.6 Å². The quantitative estimate of drug-likeness (QED) is 0.667. The third kappa shape index (κ3) is 4.42. The average Bonchev–Trinajstić information content (AvgIpc) is 3.29. The summed E-state index contributed by atoms with van der Waals surface area (Å²) >= 11 is 1.66. The molecule has 136 valence electrons. The van der Waals surface area contributed by atoms with Crippen molar-refractivity contribution < 1.29 is 17.6 Å². The van der Waals surface area contributed by atoms with Crippen LogP contribution in [0.4, 0.5) is 0 Å². The molecule has 0 unspecified atom stereocenters. The molecule has 0 atom stereocenters. The van der Waals surface area contributed by atoms with Crippen molar-refractivity contribution in [2.24, 2.45) is 0 Å². The zero-order valence-corrected chi connectivity index (χ0v) is 15.9. The van der Waals surface area contributed by atoms with E-state index in [1.165, 1.54) is 29.1 Å². The molecular formula is C19H19NO4S2. The zero-order chi connectivity index (χ0) is 18.6. The van der Waals surface area contributed by atoms with Gasteiger partial charge in [-0.25, -0.2) is 8.42 Å². The average molecular weight is 389 g/mol. The van der Waals surface area contributed by atoms with E-state index in [0.717, 1.165) is 11.3 Å². The van der Waals surface area contributed by atoms with Crippen LogP contribution in [0.1, 0.15) is 33.0 Å². The molecule has 0 aliphatic heterocycles. The number of hydrogen-bond donors (Lipinski definition) is 1. The molecular weight excluding hydrogens is 370 g/mol. The molecule has 2 heterocycles. The van der Waals surface area contributed by atoms with Crippen LogP contribution in [0.25, 0.3) is 0 Å². The Morgan fingerprint density at radius 2 is 1.77 bits per heavy atom. The van der Waals surface area contributed by atoms with Crippen molar-refractivity contribution in [3.8, 4) is 0 Å². The number of thiophene rings is 1. The summed E-state index contributed by atoms with van der Waals surface area (Å²) < 4.78 is 30.2. The Kier molecular flexibility index (Phi) is 5.58. The van der Waals surface area contributed by atoms with Crippen molar-refractivity contribution in [3.05, 3.63) is 75.9 Å². The molecule has 0 spiro atoms. The molecule has 3 rings (SSSR count). The van der Waals surface area contributed by atoms with E-state index >= 15 is 0 Å². The highest BCUT2D eigenvalue weighted by molar-refractivity contribution is 7.90. The predicted octanol–water partition coefficient (Wildman–Crippen LogP) is 3.81. The smallest absolute Gasteiger partial charge is 0.287 e. The summed E-state index contributed by atoms with van der Waals surface area (Å²) in [5, 5.41) is 2.79. The number of carbonyl (C=O) groups excluding carboxylic acids is 1. The van der Waals surface area contributed by atoms with Gasteiger partial charge in [0.2, 0.25) is 0 Å². The Hall–Kier alpha value is -2.38. The number of hydrogen-bond acceptors (Lipinski definition) is 5. The minimum atomic E-state index is -3.50. The molecule has 26 heavy (non-hydrogen) atoms. The third-order valence-corrected chi connectivity index (χ3v) is 6.69. The van der Waals surface area contributed by atoms with Gasteiger partial charge in [0.25, 0.3) is 5.91 Å². The lowest BCUT2D eigenvalue weighted by molar-refractivity contribution is 0.0922. The van der Waals surface area contributed by atoms with Crippen LogP contribution < -0.4 is 5.32 Å². The van der Waals surface area contributed by atoms with Gasteiger partial charge in [-0.3, -0.25) is 4.79 Å². The number of amides is 1. The monoisotopic (exact) mass is 389 g/mol. The minimum absolute atomic E-state index is 0.107. The first kappa shape index (κ1) is 18.4. The molecule has 1 amide bonds. The molecule has 0 saturated carbocycles. The van der Waals surface area contributed by atoms with E-state index in [9.17, 15) is 13.2 Å². The molecule has 5 nitrogen and oxygen atoms in total. The van der Waals surface area contributed by atoms with Crippen molar-refractivity contribution in [2.45, 2.75) is 30.5 Å². The van der Waals surface area contributed by atoms with Crippen molar-refractivity contribution in [1.82, 2.24) is 5.32 Å². The van der Waals surface area contributed by atoms with Gasteiger partial charge in [0, 0.05) is 9.75 Å². The van der Waals surface area contributed by atoms with Gasteiger partial charge in [-0.1, -0.05) is 25.1 Å². The minimum Gasteiger partial charge on any atom is -0.455 e. The molecule has 7 heteroatoms. The maximum atomic E-state index is 12.4. The van der Waals surface area contributed by atoms with E-state index in [1.807, 2.05) is 12.1 Å². The van der Waals surface area contributed by atoms with Crippen LogP contribution in [-0.2, 0) is 28.6 Å². The largest absolute Gasteiger partial charge is 0.455 e. The second-order valence-corrected chi connectivity index (χ2v) is 8.98. The molecule has 0 saturated heterocycles. The summed E-state index contributed by atoms with van der Waals surface area (Å²) in [6, 6.07) is 15.2. The summed E-state index contributed by atoms with van der Waals surface area (Å²) in [6.07, 6.45) is 0.968. The van der Waals surface area contributed by atoms with Crippen LogP contribution in [0.3, 0.4) is 0 Å². The fraction of sp³-hybridized carbons (Fsp3) is 0.211. The molecule has 0 radical (unpaired) electrons. The molecule has 1 aromatic carbocycles. The highest BCUT2D eigenvalue weighted by atomic mass is 32.2. The molecule has 3 aromatic rings. The summed E-state index contributed by atoms with van der Waals surface area (Å²) in [5.41, 5.74) is 0. The van der Waals surface area contributed by atoms with Gasteiger partial charge in [-0.05, 0) is 42.8 Å². The second-order valence-electron chi connectivity index (χ2n) is 5.74. The molecule has 2 aromatic heterocycles. The van der Waals surface area contributed by atoms with E-state index in [0.29, 0.717) is 6.54 Å². The van der Waals surface area contributed by atoms with Crippen LogP contribution in [0.15, 0.2) is 63.9 Å². The predicted molar refractivity (Wildman–Crippen MR) is 101 cm³/mol. The van der Waals surface area contributed by atoms with E-state index in [2.05, 4.69) is 12.2 Å². The molecule has 0 fully saturated rings. The SMILES string of the molecule is CCc1ccc(CNC(=O)c2ccc(CS(=O)(=O)c3ccccc3)o2)s1. The van der Waals surface area contributed by atoms with Gasteiger partial charge in [-0.15, -0.1) is 11.3 Å². The number of aryl methyl sites for hydroxylation is 1. The number of furan rings is 1. The van der Waals surface area contributed by atoms with E-state index in [4.69, 9.17) is 4.42 Å². The summed E-state index contributed by atoms with van der Waals surface area (Å²) in [5.74, 6) is -0.298. The first-order valence-corrected chi connectivity index (χ1v) is 10.7. The lowest BCUT2D eigenvalue weighted by atomic mass is 10.3. The van der Waals surface area contributed by atoms with E-state index in [-0.39, 0.29) is 28.1 Å². The summed E-state index contributed by atoms with van der Waals surface area (Å²) in [6.45, 7) is 2.50. The fourth-order valence-electron chi connectivity index (χ4n) is 2.44. The maximum absolute atomic E-state index is 12.4. The van der Waals surface area contributed by atoms with Gasteiger partial charge >= 0.3 is 0 Å². The number of sulfone groups is 1. The molecule has 1 N–H and O–H groups in total. The second kappa shape index (κ2) is 7.88. The van der Waals surface area contributed by atoms with Crippen LogP contribution in [-0.4, -0.2) is 14.3 Å². The van der Waals surface area contributed by atoms with Crippen molar-refractivity contribution in [3.63, 3.8) is 0 Å². The van der Waals surface area contributed by atoms with Crippen LogP contribution in [0.2, 0.25) is 0 Å². The lowest BCUT2D eigenvalue weighted by Crippen LogP contribution is -2.21. The zero-order valence-electron chi connectivity index (χ0n) is 14.3. The molecule has 0 aliphatic carbocycles. The van der Waals surface area contributed by atoms with Gasteiger partial charge < -0.3 is 9.73 Å². The summed E-state index contributed by atoms with van der Waals surface area (Å²) in [7, 11) is -3.50. The molecule has 0 aliphatic rings. The van der Waals surface area contributed by atoms with Crippen LogP contribution in [0, 0.1) is 0 Å².